The summed E-state index contributed by atoms with van der Waals surface area (Å²) >= 11 is 0. The Morgan fingerprint density at radius 3 is 2.53 bits per heavy atom. The first-order valence-electron chi connectivity index (χ1n) is 7.58. The van der Waals surface area contributed by atoms with Crippen LogP contribution in [0.1, 0.15) is 65.2 Å². The molecular formula is C15H27NO3. The van der Waals surface area contributed by atoms with E-state index in [1.165, 1.54) is 19.3 Å². The Balaban J connectivity index is 2.09. The van der Waals surface area contributed by atoms with Crippen molar-refractivity contribution in [3.05, 3.63) is 0 Å². The summed E-state index contributed by atoms with van der Waals surface area (Å²) in [5.74, 6) is 0.559. The monoisotopic (exact) mass is 269 g/mol. The number of hydrogen-bond donors (Lipinski definition) is 1. The van der Waals surface area contributed by atoms with E-state index in [-0.39, 0.29) is 11.9 Å². The van der Waals surface area contributed by atoms with E-state index >= 15 is 0 Å². The van der Waals surface area contributed by atoms with Crippen LogP contribution >= 0.6 is 0 Å². The fraction of sp³-hybridized carbons (Fsp3) is 0.867. The van der Waals surface area contributed by atoms with Gasteiger partial charge in [0.2, 0.25) is 5.91 Å². The van der Waals surface area contributed by atoms with E-state index in [0.29, 0.717) is 31.4 Å². The van der Waals surface area contributed by atoms with E-state index < -0.39 is 0 Å². The van der Waals surface area contributed by atoms with Gasteiger partial charge in [0.15, 0.2) is 0 Å². The topological polar surface area (TPSA) is 55.4 Å². The van der Waals surface area contributed by atoms with Crippen LogP contribution in [0.4, 0.5) is 0 Å². The summed E-state index contributed by atoms with van der Waals surface area (Å²) in [5, 5.41) is 3.13. The number of ether oxygens (including phenoxy) is 1. The van der Waals surface area contributed by atoms with Crippen LogP contribution in [-0.2, 0) is 14.3 Å². The summed E-state index contributed by atoms with van der Waals surface area (Å²) < 4.78 is 4.85. The standard InChI is InChI=1S/C15H27NO3/c1-3-19-15(18)11-7-6-10-14(17)16-13-9-5-4-8-12(13)2/h12-13H,3-11H2,1-2H3,(H,16,17)/t12-,13-/m0/s1. The van der Waals surface area contributed by atoms with Crippen LogP contribution < -0.4 is 5.32 Å². The largest absolute Gasteiger partial charge is 0.466 e. The summed E-state index contributed by atoms with van der Waals surface area (Å²) in [4.78, 5) is 22.9. The smallest absolute Gasteiger partial charge is 0.305 e. The summed E-state index contributed by atoms with van der Waals surface area (Å²) in [6, 6.07) is 0.353. The number of hydrogen-bond acceptors (Lipinski definition) is 3. The fourth-order valence-electron chi connectivity index (χ4n) is 2.60. The van der Waals surface area contributed by atoms with E-state index in [2.05, 4.69) is 12.2 Å². The Labute approximate surface area is 116 Å². The lowest BCUT2D eigenvalue weighted by Crippen LogP contribution is -2.40. The molecule has 19 heavy (non-hydrogen) atoms. The molecular weight excluding hydrogens is 242 g/mol. The van der Waals surface area contributed by atoms with Crippen molar-refractivity contribution in [2.75, 3.05) is 6.61 Å². The Kier molecular flexibility index (Phi) is 7.53. The highest BCUT2D eigenvalue weighted by atomic mass is 16.5. The first-order valence-corrected chi connectivity index (χ1v) is 7.58. The molecule has 0 aliphatic heterocycles. The molecule has 1 N–H and O–H groups in total. The van der Waals surface area contributed by atoms with E-state index in [0.717, 1.165) is 19.3 Å². The highest BCUT2D eigenvalue weighted by Crippen LogP contribution is 2.23. The molecule has 0 bridgehead atoms. The van der Waals surface area contributed by atoms with Crippen LogP contribution in [0.3, 0.4) is 0 Å². The zero-order valence-corrected chi connectivity index (χ0v) is 12.2. The zero-order chi connectivity index (χ0) is 14.1. The van der Waals surface area contributed by atoms with Gasteiger partial charge in [-0.05, 0) is 38.5 Å². The van der Waals surface area contributed by atoms with Crippen molar-refractivity contribution in [3.63, 3.8) is 0 Å². The minimum Gasteiger partial charge on any atom is -0.466 e. The third kappa shape index (κ3) is 6.60. The second-order valence-electron chi connectivity index (χ2n) is 5.45. The number of nitrogens with one attached hydrogen (secondary N) is 1. The number of rotatable bonds is 7. The van der Waals surface area contributed by atoms with E-state index in [1.54, 1.807) is 6.92 Å². The Bertz CT molecular complexity index is 291. The minimum atomic E-state index is -0.163. The first kappa shape index (κ1) is 16.0. The Hall–Kier alpha value is -1.06. The molecule has 0 heterocycles. The lowest BCUT2D eigenvalue weighted by atomic mass is 9.86. The molecule has 0 unspecified atom stereocenters. The second kappa shape index (κ2) is 8.94. The van der Waals surface area contributed by atoms with Gasteiger partial charge in [-0.2, -0.15) is 0 Å². The molecule has 1 amide bonds. The first-order chi connectivity index (χ1) is 9.13. The highest BCUT2D eigenvalue weighted by Gasteiger charge is 2.22. The lowest BCUT2D eigenvalue weighted by Gasteiger charge is -2.29. The summed E-state index contributed by atoms with van der Waals surface area (Å²) in [5.41, 5.74) is 0. The maximum atomic E-state index is 11.8. The van der Waals surface area contributed by atoms with Gasteiger partial charge in [-0.1, -0.05) is 19.8 Å². The molecule has 0 saturated heterocycles. The Morgan fingerprint density at radius 1 is 1.16 bits per heavy atom. The summed E-state index contributed by atoms with van der Waals surface area (Å²) in [7, 11) is 0. The number of carbonyl (C=O) groups excluding carboxylic acids is 2. The van der Waals surface area contributed by atoms with Crippen LogP contribution in [0.25, 0.3) is 0 Å². The third-order valence-corrected chi connectivity index (χ3v) is 3.80. The lowest BCUT2D eigenvalue weighted by molar-refractivity contribution is -0.143. The second-order valence-corrected chi connectivity index (χ2v) is 5.45. The number of esters is 1. The van der Waals surface area contributed by atoms with Gasteiger partial charge >= 0.3 is 5.97 Å². The number of unbranched alkanes of at least 4 members (excludes halogenated alkanes) is 1. The van der Waals surface area contributed by atoms with Gasteiger partial charge in [0.25, 0.3) is 0 Å². The molecule has 0 aromatic rings. The molecule has 0 spiro atoms. The van der Waals surface area contributed by atoms with Crippen LogP contribution in [0.5, 0.6) is 0 Å². The maximum absolute atomic E-state index is 11.8. The summed E-state index contributed by atoms with van der Waals surface area (Å²) in [6.45, 7) is 4.44. The van der Waals surface area contributed by atoms with Crippen molar-refractivity contribution in [2.45, 2.75) is 71.3 Å². The van der Waals surface area contributed by atoms with Crippen LogP contribution in [0, 0.1) is 5.92 Å². The fourth-order valence-corrected chi connectivity index (χ4v) is 2.60. The van der Waals surface area contributed by atoms with Crippen molar-refractivity contribution in [1.82, 2.24) is 5.32 Å². The molecule has 1 rings (SSSR count). The molecule has 1 aliphatic rings. The van der Waals surface area contributed by atoms with Crippen LogP contribution in [0.15, 0.2) is 0 Å². The van der Waals surface area contributed by atoms with Crippen molar-refractivity contribution in [2.24, 2.45) is 5.92 Å². The van der Waals surface area contributed by atoms with E-state index in [4.69, 9.17) is 4.74 Å². The average Bonchev–Trinajstić information content (AvgIpc) is 2.38. The summed E-state index contributed by atoms with van der Waals surface area (Å²) in [6.07, 6.45) is 7.25. The van der Waals surface area contributed by atoms with Crippen molar-refractivity contribution in [1.29, 1.82) is 0 Å². The van der Waals surface area contributed by atoms with E-state index in [1.807, 2.05) is 0 Å². The van der Waals surface area contributed by atoms with Gasteiger partial charge in [0.05, 0.1) is 6.61 Å². The average molecular weight is 269 g/mol. The zero-order valence-electron chi connectivity index (χ0n) is 12.2. The number of amides is 1. The van der Waals surface area contributed by atoms with Crippen molar-refractivity contribution >= 4 is 11.9 Å². The van der Waals surface area contributed by atoms with Crippen LogP contribution in [0.2, 0.25) is 0 Å². The predicted molar refractivity (Wildman–Crippen MR) is 74.7 cm³/mol. The van der Waals surface area contributed by atoms with Gasteiger partial charge < -0.3 is 10.1 Å². The SMILES string of the molecule is CCOC(=O)CCCCC(=O)N[C@H]1CCCC[C@@H]1C. The van der Waals surface area contributed by atoms with Gasteiger partial charge in [0, 0.05) is 18.9 Å². The molecule has 0 aromatic heterocycles. The third-order valence-electron chi connectivity index (χ3n) is 3.80. The molecule has 0 radical (unpaired) electrons. The molecule has 4 heteroatoms. The molecule has 2 atom stereocenters. The Morgan fingerprint density at radius 2 is 1.84 bits per heavy atom. The van der Waals surface area contributed by atoms with Gasteiger partial charge in [-0.3, -0.25) is 9.59 Å². The molecule has 1 fully saturated rings. The van der Waals surface area contributed by atoms with Gasteiger partial charge in [-0.25, -0.2) is 0 Å². The number of carbonyl (C=O) groups is 2. The van der Waals surface area contributed by atoms with Gasteiger partial charge in [-0.15, -0.1) is 0 Å². The molecule has 1 aliphatic carbocycles. The van der Waals surface area contributed by atoms with Crippen LogP contribution in [-0.4, -0.2) is 24.5 Å². The van der Waals surface area contributed by atoms with Crippen molar-refractivity contribution < 1.29 is 14.3 Å². The molecule has 4 nitrogen and oxygen atoms in total. The van der Waals surface area contributed by atoms with Gasteiger partial charge in [0.1, 0.15) is 0 Å². The quantitative estimate of drug-likeness (QED) is 0.571. The molecule has 1 saturated carbocycles. The van der Waals surface area contributed by atoms with Crippen molar-refractivity contribution in [3.8, 4) is 0 Å². The highest BCUT2D eigenvalue weighted by molar-refractivity contribution is 5.76. The molecule has 110 valence electrons. The predicted octanol–water partition coefficient (Wildman–Crippen LogP) is 2.80. The normalized spacial score (nSPS) is 22.8. The minimum absolute atomic E-state index is 0.127. The van der Waals surface area contributed by atoms with E-state index in [9.17, 15) is 9.59 Å². The molecule has 0 aromatic carbocycles. The maximum Gasteiger partial charge on any atom is 0.305 e.